The van der Waals surface area contributed by atoms with E-state index < -0.39 is 34.8 Å². The van der Waals surface area contributed by atoms with E-state index in [1.807, 2.05) is 0 Å². The first kappa shape index (κ1) is 20.5. The van der Waals surface area contributed by atoms with Crippen LogP contribution in [0.2, 0.25) is 5.02 Å². The van der Waals surface area contributed by atoms with Crippen molar-refractivity contribution < 1.29 is 23.6 Å². The van der Waals surface area contributed by atoms with Crippen LogP contribution in [0.5, 0.6) is 0 Å². The van der Waals surface area contributed by atoms with Gasteiger partial charge in [-0.05, 0) is 24.6 Å². The van der Waals surface area contributed by atoms with Crippen LogP contribution in [-0.4, -0.2) is 35.5 Å². The molecule has 0 saturated heterocycles. The molecule has 8 heteroatoms. The van der Waals surface area contributed by atoms with E-state index in [2.05, 4.69) is 0 Å². The number of nitrogens with zero attached hydrogens (tertiary/aromatic N) is 1. The molecule has 142 valence electrons. The second kappa shape index (κ2) is 8.73. The Kier molecular flexibility index (Phi) is 6.63. The van der Waals surface area contributed by atoms with Gasteiger partial charge in [0.2, 0.25) is 12.3 Å². The van der Waals surface area contributed by atoms with Gasteiger partial charge in [-0.15, -0.1) is 0 Å². The van der Waals surface area contributed by atoms with E-state index in [0.717, 1.165) is 0 Å². The van der Waals surface area contributed by atoms with Crippen molar-refractivity contribution in [1.82, 2.24) is 0 Å². The van der Waals surface area contributed by atoms with Crippen molar-refractivity contribution in [1.29, 1.82) is 0 Å². The number of rotatable bonds is 8. The number of carbonyl (C=O) groups excluding carboxylic acids is 2. The van der Waals surface area contributed by atoms with Gasteiger partial charge >= 0.3 is 5.97 Å². The second-order valence-electron chi connectivity index (χ2n) is 5.75. The Labute approximate surface area is 160 Å². The van der Waals surface area contributed by atoms with Gasteiger partial charge in [0.15, 0.2) is 0 Å². The largest absolute Gasteiger partial charge is 0.463 e. The van der Waals surface area contributed by atoms with E-state index in [0.29, 0.717) is 0 Å². The molecule has 0 saturated carbocycles. The SMILES string of the molecule is CCOC(=O)[C@@](F)(C(=O)c1cccc(Cl)c1)[C@H](C[N+](=O)[O-])c1ccccc1. The third-order valence-electron chi connectivity index (χ3n) is 4.00. The summed E-state index contributed by atoms with van der Waals surface area (Å²) in [5.74, 6) is -4.37. The van der Waals surface area contributed by atoms with Crippen molar-refractivity contribution in [3.63, 3.8) is 0 Å². The zero-order chi connectivity index (χ0) is 20.0. The number of carbonyl (C=O) groups is 2. The highest BCUT2D eigenvalue weighted by Gasteiger charge is 2.57. The van der Waals surface area contributed by atoms with E-state index in [1.54, 1.807) is 6.07 Å². The minimum atomic E-state index is -3.28. The minimum Gasteiger partial charge on any atom is -0.463 e. The summed E-state index contributed by atoms with van der Waals surface area (Å²) < 4.78 is 20.9. The molecule has 27 heavy (non-hydrogen) atoms. The first-order valence-electron chi connectivity index (χ1n) is 8.14. The van der Waals surface area contributed by atoms with Crippen LogP contribution in [0.15, 0.2) is 54.6 Å². The first-order valence-corrected chi connectivity index (χ1v) is 8.51. The van der Waals surface area contributed by atoms with Crippen molar-refractivity contribution in [2.24, 2.45) is 0 Å². The van der Waals surface area contributed by atoms with Crippen molar-refractivity contribution in [3.05, 3.63) is 80.9 Å². The lowest BCUT2D eigenvalue weighted by atomic mass is 9.78. The quantitative estimate of drug-likeness (QED) is 0.223. The van der Waals surface area contributed by atoms with Crippen LogP contribution in [-0.2, 0) is 9.53 Å². The fraction of sp³-hybridized carbons (Fsp3) is 0.263. The fourth-order valence-corrected chi connectivity index (χ4v) is 2.95. The number of esters is 1. The maximum absolute atomic E-state index is 16.1. The van der Waals surface area contributed by atoms with Gasteiger partial charge in [0.05, 0.1) is 6.61 Å². The van der Waals surface area contributed by atoms with Gasteiger partial charge in [-0.3, -0.25) is 14.9 Å². The number of alkyl halides is 1. The summed E-state index contributed by atoms with van der Waals surface area (Å²) >= 11 is 5.86. The van der Waals surface area contributed by atoms with Crippen LogP contribution in [0, 0.1) is 10.1 Å². The second-order valence-corrected chi connectivity index (χ2v) is 6.19. The van der Waals surface area contributed by atoms with E-state index in [9.17, 15) is 19.7 Å². The van der Waals surface area contributed by atoms with Crippen LogP contribution < -0.4 is 0 Å². The highest BCUT2D eigenvalue weighted by Crippen LogP contribution is 2.37. The summed E-state index contributed by atoms with van der Waals surface area (Å²) in [6, 6.07) is 13.0. The lowest BCUT2D eigenvalue weighted by Crippen LogP contribution is -2.50. The van der Waals surface area contributed by atoms with E-state index in [-0.39, 0.29) is 22.8 Å². The Morgan fingerprint density at radius 1 is 1.22 bits per heavy atom. The Hall–Kier alpha value is -2.80. The van der Waals surface area contributed by atoms with Crippen molar-refractivity contribution >= 4 is 23.4 Å². The molecule has 0 aromatic heterocycles. The maximum Gasteiger partial charge on any atom is 0.353 e. The number of halogens is 2. The van der Waals surface area contributed by atoms with Crippen LogP contribution >= 0.6 is 11.6 Å². The summed E-state index contributed by atoms with van der Waals surface area (Å²) in [7, 11) is 0. The van der Waals surface area contributed by atoms with Crippen LogP contribution in [0.25, 0.3) is 0 Å². The zero-order valence-electron chi connectivity index (χ0n) is 14.4. The number of Topliss-reactive ketones (excluding diaryl/α,β-unsaturated/α-hetero) is 1. The predicted octanol–water partition coefficient (Wildman–Crippen LogP) is 3.85. The average Bonchev–Trinajstić information content (AvgIpc) is 2.65. The normalized spacial score (nSPS) is 14.0. The van der Waals surface area contributed by atoms with Gasteiger partial charge in [0.25, 0.3) is 5.67 Å². The number of hydrogen-bond acceptors (Lipinski definition) is 5. The molecule has 0 aliphatic rings. The lowest BCUT2D eigenvalue weighted by Gasteiger charge is -2.28. The average molecular weight is 394 g/mol. The Morgan fingerprint density at radius 3 is 2.44 bits per heavy atom. The molecule has 0 spiro atoms. The molecule has 2 aromatic carbocycles. The molecular weight excluding hydrogens is 377 g/mol. The fourth-order valence-electron chi connectivity index (χ4n) is 2.76. The van der Waals surface area contributed by atoms with Crippen LogP contribution in [0.1, 0.15) is 28.8 Å². The van der Waals surface area contributed by atoms with Gasteiger partial charge in [-0.2, -0.15) is 0 Å². The van der Waals surface area contributed by atoms with Crippen molar-refractivity contribution in [2.75, 3.05) is 13.2 Å². The van der Waals surface area contributed by atoms with Gasteiger partial charge in [-0.1, -0.05) is 54.1 Å². The molecule has 2 aromatic rings. The highest BCUT2D eigenvalue weighted by atomic mass is 35.5. The van der Waals surface area contributed by atoms with E-state index in [1.165, 1.54) is 55.5 Å². The van der Waals surface area contributed by atoms with Gasteiger partial charge in [-0.25, -0.2) is 9.18 Å². The lowest BCUT2D eigenvalue weighted by molar-refractivity contribution is -0.485. The molecule has 0 radical (unpaired) electrons. The molecule has 0 bridgehead atoms. The van der Waals surface area contributed by atoms with Crippen molar-refractivity contribution in [3.8, 4) is 0 Å². The first-order chi connectivity index (χ1) is 12.8. The van der Waals surface area contributed by atoms with Gasteiger partial charge < -0.3 is 4.74 Å². The van der Waals surface area contributed by atoms with Gasteiger partial charge in [0, 0.05) is 15.5 Å². The number of hydrogen-bond donors (Lipinski definition) is 0. The molecule has 0 heterocycles. The van der Waals surface area contributed by atoms with Gasteiger partial charge in [0.1, 0.15) is 5.92 Å². The summed E-state index contributed by atoms with van der Waals surface area (Å²) in [5.41, 5.74) is -3.32. The number of benzene rings is 2. The molecule has 0 fully saturated rings. The van der Waals surface area contributed by atoms with E-state index >= 15 is 4.39 Å². The molecule has 0 aliphatic carbocycles. The minimum absolute atomic E-state index is 0.139. The smallest absolute Gasteiger partial charge is 0.353 e. The van der Waals surface area contributed by atoms with Crippen molar-refractivity contribution in [2.45, 2.75) is 18.5 Å². The van der Waals surface area contributed by atoms with E-state index in [4.69, 9.17) is 16.3 Å². The molecular formula is C19H17ClFNO5. The summed E-state index contributed by atoms with van der Waals surface area (Å²) in [4.78, 5) is 35.9. The maximum atomic E-state index is 16.1. The summed E-state index contributed by atoms with van der Waals surface area (Å²) in [6.45, 7) is 0.298. The molecule has 6 nitrogen and oxygen atoms in total. The molecule has 0 amide bonds. The third-order valence-corrected chi connectivity index (χ3v) is 4.24. The number of nitro groups is 1. The summed E-state index contributed by atoms with van der Waals surface area (Å²) in [6.07, 6.45) is 0. The monoisotopic (exact) mass is 393 g/mol. The third kappa shape index (κ3) is 4.49. The summed E-state index contributed by atoms with van der Waals surface area (Å²) in [5, 5.41) is 11.3. The Morgan fingerprint density at radius 2 is 1.89 bits per heavy atom. The Bertz CT molecular complexity index is 845. The van der Waals surface area contributed by atoms with Crippen LogP contribution in [0.4, 0.5) is 4.39 Å². The molecule has 0 unspecified atom stereocenters. The predicted molar refractivity (Wildman–Crippen MR) is 97.3 cm³/mol. The standard InChI is InChI=1S/C19H17ClFNO5/c1-2-27-18(24)19(21,17(23)14-9-6-10-15(20)11-14)16(12-22(25)26)13-7-4-3-5-8-13/h3-11,16H,2,12H2,1H3/t16-,19+/m1/s1. The topological polar surface area (TPSA) is 86.5 Å². The number of ketones is 1. The zero-order valence-corrected chi connectivity index (χ0v) is 15.2. The van der Waals surface area contributed by atoms with Crippen LogP contribution in [0.3, 0.4) is 0 Å². The Balaban J connectivity index is 2.64. The molecule has 0 N–H and O–H groups in total. The highest BCUT2D eigenvalue weighted by molar-refractivity contribution is 6.31. The molecule has 2 rings (SSSR count). The number of ether oxygens (including phenoxy) is 1. The molecule has 0 aliphatic heterocycles. The molecule has 2 atom stereocenters.